The fraction of sp³-hybridized carbons (Fsp3) is 0.692. The molecule has 106 valence electrons. The number of halogens is 1. The lowest BCUT2D eigenvalue weighted by Gasteiger charge is -2.16. The summed E-state index contributed by atoms with van der Waals surface area (Å²) in [5, 5.41) is 4.63. The van der Waals surface area contributed by atoms with Crippen LogP contribution in [0, 0.1) is 5.92 Å². The zero-order valence-corrected chi connectivity index (χ0v) is 12.2. The van der Waals surface area contributed by atoms with Gasteiger partial charge >= 0.3 is 0 Å². The first-order valence-corrected chi connectivity index (χ1v) is 7.04. The highest BCUT2D eigenvalue weighted by molar-refractivity contribution is 6.33. The maximum atomic E-state index is 12.6. The molecule has 2 rings (SSSR count). The Morgan fingerprint density at radius 2 is 2.32 bits per heavy atom. The van der Waals surface area contributed by atoms with Crippen molar-refractivity contribution in [2.45, 2.75) is 31.8 Å². The molecule has 1 aromatic rings. The standard InChI is InChI=1S/C13H21ClN4O/c1-17(2)6-7-18-12(10(14)8-16-18)13(19)9-4-3-5-11(9)15/h8-9,11H,3-7,15H2,1-2H3. The van der Waals surface area contributed by atoms with Crippen LogP contribution in [0.3, 0.4) is 0 Å². The van der Waals surface area contributed by atoms with Gasteiger partial charge in [0.15, 0.2) is 5.78 Å². The van der Waals surface area contributed by atoms with Crippen molar-refractivity contribution < 1.29 is 4.79 Å². The monoisotopic (exact) mass is 284 g/mol. The molecule has 0 aliphatic heterocycles. The van der Waals surface area contributed by atoms with Gasteiger partial charge < -0.3 is 10.6 Å². The second kappa shape index (κ2) is 6.03. The summed E-state index contributed by atoms with van der Waals surface area (Å²) in [6.07, 6.45) is 4.33. The summed E-state index contributed by atoms with van der Waals surface area (Å²) in [7, 11) is 3.97. The van der Waals surface area contributed by atoms with E-state index in [0.29, 0.717) is 17.3 Å². The summed E-state index contributed by atoms with van der Waals surface area (Å²) in [6, 6.07) is -0.0410. The molecule has 1 saturated carbocycles. The van der Waals surface area contributed by atoms with E-state index in [1.165, 1.54) is 0 Å². The number of likely N-dealkylation sites (N-methyl/N-ethyl adjacent to an activating group) is 1. The van der Waals surface area contributed by atoms with Crippen LogP contribution in [0.5, 0.6) is 0 Å². The first kappa shape index (κ1) is 14.5. The fourth-order valence-corrected chi connectivity index (χ4v) is 2.80. The molecule has 0 amide bonds. The number of nitrogens with zero attached hydrogens (tertiary/aromatic N) is 3. The van der Waals surface area contributed by atoms with E-state index in [0.717, 1.165) is 25.8 Å². The molecule has 1 heterocycles. The number of aromatic nitrogens is 2. The van der Waals surface area contributed by atoms with E-state index < -0.39 is 0 Å². The van der Waals surface area contributed by atoms with Gasteiger partial charge in [0.2, 0.25) is 0 Å². The first-order chi connectivity index (χ1) is 9.00. The van der Waals surface area contributed by atoms with E-state index in [-0.39, 0.29) is 17.7 Å². The quantitative estimate of drug-likeness (QED) is 0.831. The Bertz CT molecular complexity index is 457. The smallest absolute Gasteiger partial charge is 0.187 e. The summed E-state index contributed by atoms with van der Waals surface area (Å²) in [5.74, 6) is -0.0569. The zero-order chi connectivity index (χ0) is 14.0. The molecule has 0 spiro atoms. The summed E-state index contributed by atoms with van der Waals surface area (Å²) in [4.78, 5) is 14.6. The molecule has 2 unspecified atom stereocenters. The van der Waals surface area contributed by atoms with Crippen molar-refractivity contribution in [3.8, 4) is 0 Å². The number of Topliss-reactive ketones (excluding diaryl/α,β-unsaturated/α-hetero) is 1. The highest BCUT2D eigenvalue weighted by atomic mass is 35.5. The second-order valence-electron chi connectivity index (χ2n) is 5.43. The van der Waals surface area contributed by atoms with E-state index in [1.807, 2.05) is 19.0 Å². The van der Waals surface area contributed by atoms with Crippen molar-refractivity contribution in [3.05, 3.63) is 16.9 Å². The van der Waals surface area contributed by atoms with E-state index in [9.17, 15) is 4.79 Å². The van der Waals surface area contributed by atoms with Gasteiger partial charge in [-0.1, -0.05) is 18.0 Å². The Balaban J connectivity index is 2.18. The molecule has 0 bridgehead atoms. The summed E-state index contributed by atoms with van der Waals surface area (Å²) < 4.78 is 1.70. The van der Waals surface area contributed by atoms with Crippen LogP contribution in [0.25, 0.3) is 0 Å². The van der Waals surface area contributed by atoms with E-state index in [1.54, 1.807) is 10.9 Å². The molecule has 0 radical (unpaired) electrons. The molecule has 19 heavy (non-hydrogen) atoms. The van der Waals surface area contributed by atoms with Gasteiger partial charge in [-0.15, -0.1) is 0 Å². The van der Waals surface area contributed by atoms with Crippen molar-refractivity contribution in [3.63, 3.8) is 0 Å². The van der Waals surface area contributed by atoms with Crippen LogP contribution in [0.1, 0.15) is 29.8 Å². The molecule has 1 fully saturated rings. The van der Waals surface area contributed by atoms with Gasteiger partial charge in [-0.25, -0.2) is 0 Å². The minimum absolute atomic E-state index is 0.0410. The van der Waals surface area contributed by atoms with Gasteiger partial charge in [-0.2, -0.15) is 5.10 Å². The van der Waals surface area contributed by atoms with Gasteiger partial charge in [0.25, 0.3) is 0 Å². The fourth-order valence-electron chi connectivity index (χ4n) is 2.56. The van der Waals surface area contributed by atoms with Crippen molar-refractivity contribution in [1.29, 1.82) is 0 Å². The second-order valence-corrected chi connectivity index (χ2v) is 5.84. The largest absolute Gasteiger partial charge is 0.327 e. The van der Waals surface area contributed by atoms with Crippen molar-refractivity contribution in [1.82, 2.24) is 14.7 Å². The molecule has 6 heteroatoms. The summed E-state index contributed by atoms with van der Waals surface area (Å²) >= 11 is 6.12. The third-order valence-electron chi connectivity index (χ3n) is 3.69. The Kier molecular flexibility index (Phi) is 4.60. The molecular weight excluding hydrogens is 264 g/mol. The molecule has 0 aromatic carbocycles. The van der Waals surface area contributed by atoms with Gasteiger partial charge in [0, 0.05) is 18.5 Å². The molecule has 2 atom stereocenters. The molecule has 1 aromatic heterocycles. The topological polar surface area (TPSA) is 64.2 Å². The molecule has 1 aliphatic rings. The molecule has 2 N–H and O–H groups in total. The maximum Gasteiger partial charge on any atom is 0.187 e. The number of rotatable bonds is 5. The lowest BCUT2D eigenvalue weighted by molar-refractivity contribution is 0.0901. The number of carbonyl (C=O) groups excluding carboxylic acids is 1. The number of ketones is 1. The Morgan fingerprint density at radius 3 is 2.89 bits per heavy atom. The Hall–Kier alpha value is -0.910. The van der Waals surface area contributed by atoms with Crippen molar-refractivity contribution in [2.24, 2.45) is 11.7 Å². The minimum atomic E-state index is -0.104. The average molecular weight is 285 g/mol. The number of hydrogen-bond acceptors (Lipinski definition) is 4. The lowest BCUT2D eigenvalue weighted by atomic mass is 9.96. The average Bonchev–Trinajstić information content (AvgIpc) is 2.92. The Morgan fingerprint density at radius 1 is 1.58 bits per heavy atom. The summed E-state index contributed by atoms with van der Waals surface area (Å²) in [6.45, 7) is 1.47. The third-order valence-corrected chi connectivity index (χ3v) is 3.97. The van der Waals surface area contributed by atoms with Crippen LogP contribution in [0.15, 0.2) is 6.20 Å². The van der Waals surface area contributed by atoms with Crippen LogP contribution in [0.2, 0.25) is 5.02 Å². The maximum absolute atomic E-state index is 12.6. The van der Waals surface area contributed by atoms with Crippen molar-refractivity contribution in [2.75, 3.05) is 20.6 Å². The van der Waals surface area contributed by atoms with E-state index in [2.05, 4.69) is 5.10 Å². The summed E-state index contributed by atoms with van der Waals surface area (Å²) in [5.41, 5.74) is 6.53. The molecule has 1 aliphatic carbocycles. The van der Waals surface area contributed by atoms with E-state index in [4.69, 9.17) is 17.3 Å². The SMILES string of the molecule is CN(C)CCn1ncc(Cl)c1C(=O)C1CCCC1N. The highest BCUT2D eigenvalue weighted by Gasteiger charge is 2.33. The van der Waals surface area contributed by atoms with Crippen LogP contribution in [-0.4, -0.2) is 47.1 Å². The zero-order valence-electron chi connectivity index (χ0n) is 11.5. The number of hydrogen-bond donors (Lipinski definition) is 1. The van der Waals surface area contributed by atoms with Crippen LogP contribution in [-0.2, 0) is 6.54 Å². The predicted molar refractivity (Wildman–Crippen MR) is 75.4 cm³/mol. The van der Waals surface area contributed by atoms with Gasteiger partial charge in [-0.3, -0.25) is 9.48 Å². The van der Waals surface area contributed by atoms with Gasteiger partial charge in [0.1, 0.15) is 5.69 Å². The van der Waals surface area contributed by atoms with Gasteiger partial charge in [-0.05, 0) is 26.9 Å². The first-order valence-electron chi connectivity index (χ1n) is 6.66. The lowest BCUT2D eigenvalue weighted by Crippen LogP contribution is -2.32. The normalized spacial score (nSPS) is 23.2. The van der Waals surface area contributed by atoms with Crippen LogP contribution in [0.4, 0.5) is 0 Å². The molecule has 0 saturated heterocycles. The van der Waals surface area contributed by atoms with Crippen molar-refractivity contribution >= 4 is 17.4 Å². The minimum Gasteiger partial charge on any atom is -0.327 e. The highest BCUT2D eigenvalue weighted by Crippen LogP contribution is 2.29. The van der Waals surface area contributed by atoms with Crippen LogP contribution < -0.4 is 5.73 Å². The number of nitrogens with two attached hydrogens (primary N) is 1. The van der Waals surface area contributed by atoms with Crippen LogP contribution >= 0.6 is 11.6 Å². The Labute approximate surface area is 118 Å². The number of carbonyl (C=O) groups is 1. The molecular formula is C13H21ClN4O. The third kappa shape index (κ3) is 3.16. The van der Waals surface area contributed by atoms with E-state index >= 15 is 0 Å². The van der Waals surface area contributed by atoms with Gasteiger partial charge in [0.05, 0.1) is 17.8 Å². The predicted octanol–water partition coefficient (Wildman–Crippen LogP) is 1.41. The molecule has 5 nitrogen and oxygen atoms in total.